The van der Waals surface area contributed by atoms with Gasteiger partial charge in [-0.05, 0) is 36.2 Å². The van der Waals surface area contributed by atoms with E-state index in [1.807, 2.05) is 38.1 Å². The Kier molecular flexibility index (Phi) is 5.45. The molecule has 0 radical (unpaired) electrons. The first-order valence-electron chi connectivity index (χ1n) is 10.3. The summed E-state index contributed by atoms with van der Waals surface area (Å²) in [6.07, 6.45) is 0.561. The van der Waals surface area contributed by atoms with Crippen LogP contribution in [0.2, 0.25) is 0 Å². The molecule has 4 rings (SSSR count). The molecule has 31 heavy (non-hydrogen) atoms. The van der Waals surface area contributed by atoms with Crippen molar-refractivity contribution in [1.29, 1.82) is 0 Å². The maximum atomic E-state index is 13.4. The zero-order valence-corrected chi connectivity index (χ0v) is 18.6. The lowest BCUT2D eigenvalue weighted by Gasteiger charge is -2.21. The summed E-state index contributed by atoms with van der Waals surface area (Å²) < 4.78 is 28.6. The number of hydrogen-bond acceptors (Lipinski definition) is 4. The number of carbonyl (C=O) groups is 1. The molecule has 0 atom stereocenters. The Morgan fingerprint density at radius 3 is 2.48 bits per heavy atom. The fourth-order valence-electron chi connectivity index (χ4n) is 4.20. The molecule has 7 nitrogen and oxygen atoms in total. The lowest BCUT2D eigenvalue weighted by atomic mass is 10.1. The van der Waals surface area contributed by atoms with Crippen LogP contribution in [0.25, 0.3) is 10.9 Å². The van der Waals surface area contributed by atoms with E-state index in [1.165, 1.54) is 14.9 Å². The zero-order valence-electron chi connectivity index (χ0n) is 17.8. The van der Waals surface area contributed by atoms with Gasteiger partial charge in [0, 0.05) is 43.8 Å². The number of aryl methyl sites for hydroxylation is 1. The summed E-state index contributed by atoms with van der Waals surface area (Å²) in [7, 11) is -1.88. The highest BCUT2D eigenvalue weighted by molar-refractivity contribution is 7.89. The van der Waals surface area contributed by atoms with Crippen LogP contribution in [0, 0.1) is 0 Å². The van der Waals surface area contributed by atoms with Crippen LogP contribution in [0.15, 0.2) is 58.2 Å². The van der Waals surface area contributed by atoms with Gasteiger partial charge in [-0.25, -0.2) is 8.42 Å². The molecule has 1 aliphatic rings. The average molecular weight is 440 g/mol. The van der Waals surface area contributed by atoms with Gasteiger partial charge >= 0.3 is 0 Å². The summed E-state index contributed by atoms with van der Waals surface area (Å²) >= 11 is 0. The van der Waals surface area contributed by atoms with Gasteiger partial charge in [0.1, 0.15) is 0 Å². The van der Waals surface area contributed by atoms with Gasteiger partial charge in [0.15, 0.2) is 0 Å². The molecule has 1 aromatic heterocycles. The molecule has 3 aromatic rings. The predicted molar refractivity (Wildman–Crippen MR) is 121 cm³/mol. The topological polar surface area (TPSA) is 79.7 Å². The summed E-state index contributed by atoms with van der Waals surface area (Å²) in [5, 5.41) is 0.712. The number of sulfonamides is 1. The summed E-state index contributed by atoms with van der Waals surface area (Å²) in [5.74, 6) is -0.257. The molecule has 0 aliphatic carbocycles. The van der Waals surface area contributed by atoms with Crippen molar-refractivity contribution in [3.63, 3.8) is 0 Å². The maximum absolute atomic E-state index is 13.4. The lowest BCUT2D eigenvalue weighted by molar-refractivity contribution is 0.0990. The Hall–Kier alpha value is -2.97. The van der Waals surface area contributed by atoms with Crippen molar-refractivity contribution >= 4 is 32.5 Å². The Morgan fingerprint density at radius 1 is 1.06 bits per heavy atom. The van der Waals surface area contributed by atoms with Crippen LogP contribution in [-0.2, 0) is 23.5 Å². The zero-order chi connectivity index (χ0) is 22.3. The number of pyridine rings is 1. The third-order valence-electron chi connectivity index (χ3n) is 5.92. The molecule has 0 spiro atoms. The smallest absolute Gasteiger partial charge is 0.259 e. The van der Waals surface area contributed by atoms with Crippen molar-refractivity contribution in [3.8, 4) is 0 Å². The number of anilines is 1. The van der Waals surface area contributed by atoms with Crippen LogP contribution in [0.3, 0.4) is 0 Å². The van der Waals surface area contributed by atoms with E-state index < -0.39 is 10.0 Å². The van der Waals surface area contributed by atoms with Gasteiger partial charge in [0.2, 0.25) is 10.0 Å². The molecule has 0 saturated heterocycles. The molecule has 0 unspecified atom stereocenters. The fraction of sp³-hybridized carbons (Fsp3) is 0.304. The minimum absolute atomic E-state index is 0.239. The van der Waals surface area contributed by atoms with Crippen LogP contribution in [0.1, 0.15) is 29.8 Å². The second-order valence-electron chi connectivity index (χ2n) is 7.56. The first kappa shape index (κ1) is 21.3. The highest BCUT2D eigenvalue weighted by Gasteiger charge is 2.30. The number of hydrogen-bond donors (Lipinski definition) is 0. The molecule has 1 aliphatic heterocycles. The van der Waals surface area contributed by atoms with Crippen molar-refractivity contribution in [2.45, 2.75) is 25.2 Å². The Bertz CT molecular complexity index is 1340. The first-order valence-corrected chi connectivity index (χ1v) is 11.8. The number of nitrogens with zero attached hydrogens (tertiary/aromatic N) is 3. The van der Waals surface area contributed by atoms with E-state index >= 15 is 0 Å². The van der Waals surface area contributed by atoms with E-state index in [1.54, 1.807) is 30.1 Å². The normalized spacial score (nSPS) is 13.7. The van der Waals surface area contributed by atoms with Gasteiger partial charge in [0.25, 0.3) is 11.5 Å². The molecule has 1 amide bonds. The minimum Gasteiger partial charge on any atom is -0.311 e. The summed E-state index contributed by atoms with van der Waals surface area (Å²) in [4.78, 5) is 27.7. The average Bonchev–Trinajstić information content (AvgIpc) is 3.20. The highest BCUT2D eigenvalue weighted by Crippen LogP contribution is 2.33. The number of amides is 1. The Morgan fingerprint density at radius 2 is 1.77 bits per heavy atom. The van der Waals surface area contributed by atoms with E-state index in [9.17, 15) is 18.0 Å². The van der Waals surface area contributed by atoms with E-state index in [0.717, 1.165) is 5.56 Å². The largest absolute Gasteiger partial charge is 0.311 e. The molecule has 0 bridgehead atoms. The van der Waals surface area contributed by atoms with Gasteiger partial charge in [-0.2, -0.15) is 4.31 Å². The Balaban J connectivity index is 1.75. The van der Waals surface area contributed by atoms with Gasteiger partial charge in [-0.1, -0.05) is 32.0 Å². The minimum atomic E-state index is -3.57. The number of fused-ring (bicyclic) bond motifs is 2. The molecular weight excluding hydrogens is 414 g/mol. The number of rotatable bonds is 5. The molecular formula is C23H25N3O4S. The lowest BCUT2D eigenvalue weighted by Crippen LogP contribution is -2.31. The second-order valence-corrected chi connectivity index (χ2v) is 9.50. The van der Waals surface area contributed by atoms with Crippen LogP contribution < -0.4 is 10.5 Å². The van der Waals surface area contributed by atoms with E-state index in [4.69, 9.17) is 0 Å². The number of carbonyl (C=O) groups excluding carboxylic acids is 1. The van der Waals surface area contributed by atoms with Gasteiger partial charge in [0.05, 0.1) is 16.0 Å². The number of aromatic nitrogens is 1. The van der Waals surface area contributed by atoms with E-state index in [-0.39, 0.29) is 16.4 Å². The third-order valence-corrected chi connectivity index (χ3v) is 7.97. The molecule has 2 heterocycles. The van der Waals surface area contributed by atoms with Crippen LogP contribution >= 0.6 is 0 Å². The van der Waals surface area contributed by atoms with Crippen molar-refractivity contribution in [1.82, 2.24) is 8.87 Å². The summed E-state index contributed by atoms with van der Waals surface area (Å²) in [5.41, 5.74) is 2.30. The maximum Gasteiger partial charge on any atom is 0.259 e. The van der Waals surface area contributed by atoms with Crippen LogP contribution in [0.5, 0.6) is 0 Å². The molecule has 162 valence electrons. The second kappa shape index (κ2) is 7.94. The fourth-order valence-corrected chi connectivity index (χ4v) is 5.70. The monoisotopic (exact) mass is 439 g/mol. The van der Waals surface area contributed by atoms with E-state index in [2.05, 4.69) is 0 Å². The predicted octanol–water partition coefficient (Wildman–Crippen LogP) is 2.77. The SMILES string of the molecule is CCN(CC)S(=O)(=O)c1ccc2c(c1)CCN2C(=O)c1cc(=O)n(C)c2ccccc12. The van der Waals surface area contributed by atoms with E-state index in [0.29, 0.717) is 48.2 Å². The van der Waals surface area contributed by atoms with Crippen molar-refractivity contribution in [2.24, 2.45) is 7.05 Å². The van der Waals surface area contributed by atoms with Gasteiger partial charge in [-0.15, -0.1) is 0 Å². The molecule has 0 fully saturated rings. The Labute approximate surface area is 181 Å². The molecule has 0 N–H and O–H groups in total. The highest BCUT2D eigenvalue weighted by atomic mass is 32.2. The van der Waals surface area contributed by atoms with Crippen molar-refractivity contribution < 1.29 is 13.2 Å². The van der Waals surface area contributed by atoms with Crippen LogP contribution in [-0.4, -0.2) is 42.8 Å². The van der Waals surface area contributed by atoms with Crippen molar-refractivity contribution in [2.75, 3.05) is 24.5 Å². The molecule has 0 saturated carbocycles. The molecule has 8 heteroatoms. The standard InChI is InChI=1S/C23H25N3O4S/c1-4-25(5-2)31(29,30)17-10-11-20-16(14-17)12-13-26(20)23(28)19-15-22(27)24(3)21-9-7-6-8-18(19)21/h6-11,14-15H,4-5,12-13H2,1-3H3. The number of benzene rings is 2. The quantitative estimate of drug-likeness (QED) is 0.612. The summed E-state index contributed by atoms with van der Waals surface area (Å²) in [6, 6.07) is 13.6. The van der Waals surface area contributed by atoms with Crippen molar-refractivity contribution in [3.05, 3.63) is 70.0 Å². The summed E-state index contributed by atoms with van der Waals surface area (Å²) in [6.45, 7) is 4.85. The van der Waals surface area contributed by atoms with Gasteiger partial charge < -0.3 is 9.47 Å². The third kappa shape index (κ3) is 3.45. The first-order chi connectivity index (χ1) is 14.8. The van der Waals surface area contributed by atoms with Crippen LogP contribution in [0.4, 0.5) is 5.69 Å². The number of para-hydroxylation sites is 1. The van der Waals surface area contributed by atoms with Gasteiger partial charge in [-0.3, -0.25) is 9.59 Å². The molecule has 2 aromatic carbocycles.